The van der Waals surface area contributed by atoms with Crippen molar-refractivity contribution in [3.8, 4) is 0 Å². The highest BCUT2D eigenvalue weighted by molar-refractivity contribution is 6.29. The topological polar surface area (TPSA) is 144 Å². The number of urea groups is 1. The maximum Gasteiger partial charge on any atom is 0.328 e. The van der Waals surface area contributed by atoms with Gasteiger partial charge in [0, 0.05) is 38.3 Å². The summed E-state index contributed by atoms with van der Waals surface area (Å²) in [5, 5.41) is 16.7. The van der Waals surface area contributed by atoms with E-state index >= 15 is 0 Å². The van der Waals surface area contributed by atoms with Gasteiger partial charge in [0.1, 0.15) is 5.15 Å². The number of β-amino-alcohol motifs (C(OH)–C–C–N with tert-alkyl or cyclic N) is 1. The van der Waals surface area contributed by atoms with E-state index in [-0.39, 0.29) is 12.0 Å². The number of hydrogen-bond acceptors (Lipinski definition) is 8. The molecular formula is C25H27ClN6O5. The highest BCUT2D eigenvalue weighted by atomic mass is 35.5. The van der Waals surface area contributed by atoms with Gasteiger partial charge in [-0.3, -0.25) is 34.8 Å². The summed E-state index contributed by atoms with van der Waals surface area (Å²) >= 11 is 5.79. The molecule has 4 heterocycles. The minimum Gasteiger partial charge on any atom is -0.395 e. The molecule has 5 rings (SSSR count). The van der Waals surface area contributed by atoms with Crippen LogP contribution in [-0.4, -0.2) is 83.0 Å². The number of barbiturate groups is 1. The Bertz CT molecular complexity index is 1200. The fourth-order valence-electron chi connectivity index (χ4n) is 5.60. The molecule has 0 aliphatic carbocycles. The van der Waals surface area contributed by atoms with Crippen LogP contribution in [0.5, 0.6) is 0 Å². The number of amides is 5. The van der Waals surface area contributed by atoms with Crippen molar-refractivity contribution in [1.82, 2.24) is 25.4 Å². The molecule has 3 aliphatic heterocycles. The number of halogens is 1. The van der Waals surface area contributed by atoms with Gasteiger partial charge in [0.15, 0.2) is 0 Å². The molecule has 11 nitrogen and oxygen atoms in total. The number of carbonyl (C=O) groups is 4. The SMILES string of the molecule is O=C1NC(=O)C(c2ccc(C(=O)Nc3ccc(Cl)nc3)cc2)(N2CCC3(CC2)CN(CCO)C3)C(=O)N1. The number of imide groups is 2. The molecule has 3 aliphatic rings. The summed E-state index contributed by atoms with van der Waals surface area (Å²) in [7, 11) is 0. The van der Waals surface area contributed by atoms with Crippen molar-refractivity contribution >= 4 is 41.0 Å². The highest BCUT2D eigenvalue weighted by Crippen LogP contribution is 2.44. The quantitative estimate of drug-likeness (QED) is 0.321. The number of hydrogen-bond donors (Lipinski definition) is 4. The number of carbonyl (C=O) groups excluding carboxylic acids is 4. The summed E-state index contributed by atoms with van der Waals surface area (Å²) in [5.41, 5.74) is -0.485. The molecule has 0 atom stereocenters. The Hall–Kier alpha value is -3.38. The predicted molar refractivity (Wildman–Crippen MR) is 134 cm³/mol. The van der Waals surface area contributed by atoms with Crippen molar-refractivity contribution in [1.29, 1.82) is 0 Å². The van der Waals surface area contributed by atoms with Gasteiger partial charge in [-0.25, -0.2) is 9.78 Å². The first-order chi connectivity index (χ1) is 17.8. The number of piperidine rings is 1. The lowest BCUT2D eigenvalue weighted by molar-refractivity contribution is -0.153. The number of anilines is 1. The second-order valence-electron chi connectivity index (χ2n) is 9.77. The molecule has 0 bridgehead atoms. The van der Waals surface area contributed by atoms with Crippen LogP contribution in [0.1, 0.15) is 28.8 Å². The third-order valence-electron chi connectivity index (χ3n) is 7.49. The van der Waals surface area contributed by atoms with Crippen molar-refractivity contribution in [2.75, 3.05) is 44.6 Å². The fourth-order valence-corrected chi connectivity index (χ4v) is 5.72. The number of aliphatic hydroxyl groups excluding tert-OH is 1. The largest absolute Gasteiger partial charge is 0.395 e. The monoisotopic (exact) mass is 526 g/mol. The molecule has 3 fully saturated rings. The van der Waals surface area contributed by atoms with E-state index in [0.29, 0.717) is 41.6 Å². The molecule has 0 saturated carbocycles. The number of aromatic nitrogens is 1. The molecule has 1 aromatic carbocycles. The van der Waals surface area contributed by atoms with E-state index in [9.17, 15) is 24.3 Å². The second kappa shape index (κ2) is 9.82. The van der Waals surface area contributed by atoms with E-state index in [1.807, 2.05) is 4.90 Å². The molecule has 1 aromatic heterocycles. The Morgan fingerprint density at radius 1 is 1.03 bits per heavy atom. The van der Waals surface area contributed by atoms with Crippen LogP contribution in [0.25, 0.3) is 0 Å². The first-order valence-electron chi connectivity index (χ1n) is 12.0. The molecule has 4 N–H and O–H groups in total. The maximum absolute atomic E-state index is 13.3. The third kappa shape index (κ3) is 4.59. The number of benzene rings is 1. The van der Waals surface area contributed by atoms with Crippen molar-refractivity contribution < 1.29 is 24.3 Å². The Labute approximate surface area is 218 Å². The number of nitrogens with one attached hydrogen (secondary N) is 3. The summed E-state index contributed by atoms with van der Waals surface area (Å²) in [5.74, 6) is -1.82. The zero-order valence-corrected chi connectivity index (χ0v) is 20.8. The van der Waals surface area contributed by atoms with Gasteiger partial charge >= 0.3 is 6.03 Å². The summed E-state index contributed by atoms with van der Waals surface area (Å²) in [4.78, 5) is 59.2. The first kappa shape index (κ1) is 25.3. The molecule has 5 amide bonds. The van der Waals surface area contributed by atoms with Gasteiger partial charge in [-0.15, -0.1) is 0 Å². The third-order valence-corrected chi connectivity index (χ3v) is 7.72. The van der Waals surface area contributed by atoms with E-state index in [2.05, 4.69) is 25.8 Å². The lowest BCUT2D eigenvalue weighted by Gasteiger charge is -2.56. The van der Waals surface area contributed by atoms with Gasteiger partial charge in [-0.2, -0.15) is 0 Å². The van der Waals surface area contributed by atoms with Crippen LogP contribution < -0.4 is 16.0 Å². The normalized spacial score (nSPS) is 21.2. The van der Waals surface area contributed by atoms with Crippen LogP contribution in [0.4, 0.5) is 10.5 Å². The molecule has 0 radical (unpaired) electrons. The number of nitrogens with zero attached hydrogens (tertiary/aromatic N) is 3. The average molecular weight is 527 g/mol. The minimum absolute atomic E-state index is 0.1000. The van der Waals surface area contributed by atoms with Crippen LogP contribution >= 0.6 is 11.6 Å². The van der Waals surface area contributed by atoms with E-state index in [0.717, 1.165) is 25.9 Å². The van der Waals surface area contributed by atoms with Gasteiger partial charge in [0.25, 0.3) is 17.7 Å². The molecule has 12 heteroatoms. The van der Waals surface area contributed by atoms with Gasteiger partial charge in [-0.05, 0) is 48.1 Å². The number of likely N-dealkylation sites (tertiary alicyclic amines) is 2. The van der Waals surface area contributed by atoms with Crippen LogP contribution in [0.3, 0.4) is 0 Å². The Morgan fingerprint density at radius 3 is 2.24 bits per heavy atom. The maximum atomic E-state index is 13.3. The van der Waals surface area contributed by atoms with Crippen LogP contribution in [-0.2, 0) is 15.1 Å². The zero-order valence-electron chi connectivity index (χ0n) is 20.0. The zero-order chi connectivity index (χ0) is 26.2. The van der Waals surface area contributed by atoms with Crippen molar-refractivity contribution in [2.24, 2.45) is 5.41 Å². The highest BCUT2D eigenvalue weighted by Gasteiger charge is 2.58. The van der Waals surface area contributed by atoms with Crippen LogP contribution in [0.15, 0.2) is 42.6 Å². The smallest absolute Gasteiger partial charge is 0.328 e. The van der Waals surface area contributed by atoms with Crippen molar-refractivity contribution in [2.45, 2.75) is 18.4 Å². The minimum atomic E-state index is -1.74. The van der Waals surface area contributed by atoms with Crippen LogP contribution in [0.2, 0.25) is 5.15 Å². The fraction of sp³-hybridized carbons (Fsp3) is 0.400. The van der Waals surface area contributed by atoms with Crippen molar-refractivity contribution in [3.05, 3.63) is 58.9 Å². The molecule has 2 aromatic rings. The van der Waals surface area contributed by atoms with Crippen LogP contribution in [0, 0.1) is 5.41 Å². The van der Waals surface area contributed by atoms with E-state index < -0.39 is 29.3 Å². The summed E-state index contributed by atoms with van der Waals surface area (Å²) in [6.07, 6.45) is 2.99. The molecular weight excluding hydrogens is 500 g/mol. The standard InChI is InChI=1S/C25H27ClN6O5/c26-19-6-5-18(13-27-19)28-20(34)16-1-3-17(4-2-16)25(21(35)29-23(37)30-22(25)36)32-9-7-24(8-10-32)14-31(15-24)11-12-33/h1-6,13,33H,7-12,14-15H2,(H,28,34)(H2,29,30,35,36,37). The number of rotatable bonds is 6. The number of aliphatic hydroxyl groups is 1. The van der Waals surface area contributed by atoms with Crippen molar-refractivity contribution in [3.63, 3.8) is 0 Å². The average Bonchev–Trinajstić information content (AvgIpc) is 2.86. The second-order valence-corrected chi connectivity index (χ2v) is 10.2. The molecule has 0 unspecified atom stereocenters. The molecule has 1 spiro atoms. The molecule has 3 saturated heterocycles. The molecule has 37 heavy (non-hydrogen) atoms. The molecule has 194 valence electrons. The Kier molecular flexibility index (Phi) is 6.71. The van der Waals surface area contributed by atoms with E-state index in [1.54, 1.807) is 24.3 Å². The van der Waals surface area contributed by atoms with E-state index in [1.165, 1.54) is 18.3 Å². The lowest BCUT2D eigenvalue weighted by atomic mass is 9.70. The van der Waals surface area contributed by atoms with Gasteiger partial charge < -0.3 is 10.4 Å². The lowest BCUT2D eigenvalue weighted by Crippen LogP contribution is -2.73. The number of pyridine rings is 1. The Balaban J connectivity index is 1.38. The summed E-state index contributed by atoms with van der Waals surface area (Å²) in [6.45, 7) is 3.46. The summed E-state index contributed by atoms with van der Waals surface area (Å²) in [6, 6.07) is 8.54. The predicted octanol–water partition coefficient (Wildman–Crippen LogP) is 0.939. The van der Waals surface area contributed by atoms with E-state index in [4.69, 9.17) is 11.6 Å². The summed E-state index contributed by atoms with van der Waals surface area (Å²) < 4.78 is 0. The Morgan fingerprint density at radius 2 is 1.68 bits per heavy atom. The van der Waals surface area contributed by atoms with Gasteiger partial charge in [0.05, 0.1) is 18.5 Å². The first-order valence-corrected chi connectivity index (χ1v) is 12.4. The van der Waals surface area contributed by atoms with Gasteiger partial charge in [0.2, 0.25) is 5.54 Å². The van der Waals surface area contributed by atoms with Gasteiger partial charge in [-0.1, -0.05) is 23.7 Å².